The van der Waals surface area contributed by atoms with Crippen molar-refractivity contribution in [2.75, 3.05) is 20.2 Å². The molecule has 2 aliphatic rings. The maximum atomic E-state index is 5.54. The van der Waals surface area contributed by atoms with Crippen molar-refractivity contribution in [2.24, 2.45) is 10.8 Å². The first kappa shape index (κ1) is 14.3. The van der Waals surface area contributed by atoms with Crippen LogP contribution in [0.15, 0.2) is 0 Å². The van der Waals surface area contributed by atoms with E-state index in [9.17, 15) is 0 Å². The van der Waals surface area contributed by atoms with E-state index in [1.54, 1.807) is 0 Å². The van der Waals surface area contributed by atoms with E-state index < -0.39 is 0 Å². The van der Waals surface area contributed by atoms with Crippen molar-refractivity contribution in [1.82, 2.24) is 10.6 Å². The summed E-state index contributed by atoms with van der Waals surface area (Å²) in [5.41, 5.74) is 0.905. The summed E-state index contributed by atoms with van der Waals surface area (Å²) >= 11 is 0. The lowest BCUT2D eigenvalue weighted by atomic mass is 9.63. The van der Waals surface area contributed by atoms with E-state index in [1.807, 2.05) is 7.11 Å². The summed E-state index contributed by atoms with van der Waals surface area (Å²) in [5, 5.41) is 7.26. The average molecular weight is 254 g/mol. The molecule has 106 valence electrons. The normalized spacial score (nSPS) is 35.8. The highest BCUT2D eigenvalue weighted by molar-refractivity contribution is 4.96. The largest absolute Gasteiger partial charge is 0.378 e. The monoisotopic (exact) mass is 254 g/mol. The van der Waals surface area contributed by atoms with Gasteiger partial charge in [-0.25, -0.2) is 0 Å². The Hall–Kier alpha value is -0.120. The number of hydrogen-bond acceptors (Lipinski definition) is 3. The number of ether oxygens (including phenoxy) is 1. The van der Waals surface area contributed by atoms with E-state index in [0.717, 1.165) is 13.1 Å². The van der Waals surface area contributed by atoms with Crippen LogP contribution in [0, 0.1) is 10.8 Å². The number of hydrogen-bond donors (Lipinski definition) is 2. The van der Waals surface area contributed by atoms with Crippen molar-refractivity contribution < 1.29 is 4.74 Å². The number of methoxy groups -OCH3 is 1. The Morgan fingerprint density at radius 3 is 2.22 bits per heavy atom. The van der Waals surface area contributed by atoms with Gasteiger partial charge in [0.05, 0.1) is 6.10 Å². The summed E-state index contributed by atoms with van der Waals surface area (Å²) in [6.07, 6.45) is 4.22. The summed E-state index contributed by atoms with van der Waals surface area (Å²) in [7, 11) is 1.82. The van der Waals surface area contributed by atoms with Crippen molar-refractivity contribution in [3.8, 4) is 0 Å². The van der Waals surface area contributed by atoms with Crippen LogP contribution in [0.4, 0.5) is 0 Å². The Bertz CT molecular complexity index is 272. The molecule has 2 rings (SSSR count). The first-order valence-electron chi connectivity index (χ1n) is 7.31. The van der Waals surface area contributed by atoms with Gasteiger partial charge < -0.3 is 15.4 Å². The van der Waals surface area contributed by atoms with Gasteiger partial charge in [-0.3, -0.25) is 0 Å². The van der Waals surface area contributed by atoms with Gasteiger partial charge in [-0.1, -0.05) is 27.7 Å². The Balaban J connectivity index is 1.96. The molecule has 1 aliphatic heterocycles. The van der Waals surface area contributed by atoms with Crippen LogP contribution in [0.1, 0.15) is 47.0 Å². The van der Waals surface area contributed by atoms with E-state index in [2.05, 4.69) is 38.3 Å². The molecule has 2 fully saturated rings. The van der Waals surface area contributed by atoms with Gasteiger partial charge in [-0.2, -0.15) is 0 Å². The third-order valence-corrected chi connectivity index (χ3v) is 4.47. The molecule has 3 nitrogen and oxygen atoms in total. The van der Waals surface area contributed by atoms with E-state index >= 15 is 0 Å². The summed E-state index contributed by atoms with van der Waals surface area (Å²) in [6.45, 7) is 11.6. The lowest BCUT2D eigenvalue weighted by Crippen LogP contribution is -2.51. The van der Waals surface area contributed by atoms with Crippen LogP contribution in [0.3, 0.4) is 0 Å². The van der Waals surface area contributed by atoms with Crippen LogP contribution in [-0.2, 0) is 4.74 Å². The van der Waals surface area contributed by atoms with E-state index in [1.165, 1.54) is 19.3 Å². The number of rotatable bonds is 3. The molecule has 3 heteroatoms. The van der Waals surface area contributed by atoms with Gasteiger partial charge in [0.1, 0.15) is 0 Å². The molecule has 0 aromatic heterocycles. The smallest absolute Gasteiger partial charge is 0.0860 e. The lowest BCUT2D eigenvalue weighted by molar-refractivity contribution is 0.0557. The minimum Gasteiger partial charge on any atom is -0.378 e. The fourth-order valence-corrected chi connectivity index (χ4v) is 4.34. The Kier molecular flexibility index (Phi) is 4.05. The zero-order valence-corrected chi connectivity index (χ0v) is 12.7. The van der Waals surface area contributed by atoms with Crippen LogP contribution in [0.25, 0.3) is 0 Å². The first-order valence-corrected chi connectivity index (χ1v) is 7.31. The van der Waals surface area contributed by atoms with Gasteiger partial charge in [0, 0.05) is 32.3 Å². The molecule has 0 spiro atoms. The van der Waals surface area contributed by atoms with Crippen molar-refractivity contribution in [3.05, 3.63) is 0 Å². The fraction of sp³-hybridized carbons (Fsp3) is 1.00. The molecule has 0 radical (unpaired) electrons. The molecule has 0 aromatic carbocycles. The van der Waals surface area contributed by atoms with E-state index in [0.29, 0.717) is 29.0 Å². The second-order valence-electron chi connectivity index (χ2n) is 7.82. The number of nitrogens with one attached hydrogen (secondary N) is 2. The predicted octanol–water partition coefficient (Wildman–Crippen LogP) is 2.17. The molecule has 18 heavy (non-hydrogen) atoms. The van der Waals surface area contributed by atoms with Crippen molar-refractivity contribution in [2.45, 2.75) is 65.1 Å². The molecule has 2 atom stereocenters. The van der Waals surface area contributed by atoms with Crippen molar-refractivity contribution in [1.29, 1.82) is 0 Å². The molecule has 1 saturated carbocycles. The molecule has 0 aromatic rings. The molecule has 1 heterocycles. The second-order valence-corrected chi connectivity index (χ2v) is 7.82. The van der Waals surface area contributed by atoms with Crippen molar-refractivity contribution in [3.63, 3.8) is 0 Å². The molecule has 0 unspecified atom stereocenters. The third kappa shape index (κ3) is 3.46. The molecule has 1 saturated heterocycles. The van der Waals surface area contributed by atoms with Crippen LogP contribution >= 0.6 is 0 Å². The zero-order valence-electron chi connectivity index (χ0n) is 12.7. The maximum Gasteiger partial charge on any atom is 0.0860 e. The van der Waals surface area contributed by atoms with E-state index in [4.69, 9.17) is 4.74 Å². The third-order valence-electron chi connectivity index (χ3n) is 4.47. The molecule has 0 amide bonds. The average Bonchev–Trinajstić information content (AvgIpc) is 2.59. The summed E-state index contributed by atoms with van der Waals surface area (Å²) in [4.78, 5) is 0. The van der Waals surface area contributed by atoms with Gasteiger partial charge >= 0.3 is 0 Å². The van der Waals surface area contributed by atoms with Gasteiger partial charge in [0.15, 0.2) is 0 Å². The fourth-order valence-electron chi connectivity index (χ4n) is 4.34. The minimum absolute atomic E-state index is 0.332. The highest BCUT2D eigenvalue weighted by Gasteiger charge is 2.40. The van der Waals surface area contributed by atoms with Gasteiger partial charge in [0.2, 0.25) is 0 Å². The van der Waals surface area contributed by atoms with Crippen LogP contribution in [-0.4, -0.2) is 38.4 Å². The summed E-state index contributed by atoms with van der Waals surface area (Å²) in [5.74, 6) is 0. The zero-order chi connectivity index (χ0) is 13.4. The Morgan fingerprint density at radius 2 is 1.67 bits per heavy atom. The van der Waals surface area contributed by atoms with Gasteiger partial charge in [-0.05, 0) is 30.1 Å². The highest BCUT2D eigenvalue weighted by atomic mass is 16.5. The lowest BCUT2D eigenvalue weighted by Gasteiger charge is -2.46. The first-order chi connectivity index (χ1) is 8.31. The Labute approximate surface area is 112 Å². The van der Waals surface area contributed by atoms with Crippen LogP contribution in [0.2, 0.25) is 0 Å². The summed E-state index contributed by atoms with van der Waals surface area (Å²) in [6, 6.07) is 1.11. The molecule has 1 aliphatic carbocycles. The Morgan fingerprint density at radius 1 is 1.06 bits per heavy atom. The minimum atomic E-state index is 0.332. The van der Waals surface area contributed by atoms with Gasteiger partial charge in [0.25, 0.3) is 0 Å². The predicted molar refractivity (Wildman–Crippen MR) is 75.8 cm³/mol. The summed E-state index contributed by atoms with van der Waals surface area (Å²) < 4.78 is 5.54. The SMILES string of the molecule is CO[C@H]1CNC[C@@H]1NC1CC(C)(C)CC(C)(C)C1. The topological polar surface area (TPSA) is 33.3 Å². The van der Waals surface area contributed by atoms with Crippen molar-refractivity contribution >= 4 is 0 Å². The van der Waals surface area contributed by atoms with Crippen LogP contribution < -0.4 is 10.6 Å². The quantitative estimate of drug-likeness (QED) is 0.810. The molecule has 2 N–H and O–H groups in total. The van der Waals surface area contributed by atoms with E-state index in [-0.39, 0.29) is 0 Å². The van der Waals surface area contributed by atoms with Gasteiger partial charge in [-0.15, -0.1) is 0 Å². The second kappa shape index (κ2) is 5.10. The highest BCUT2D eigenvalue weighted by Crippen LogP contribution is 2.45. The standard InChI is InChI=1S/C15H30N2O/c1-14(2)6-11(7-15(3,4)10-14)17-12-8-16-9-13(12)18-5/h11-13,16-17H,6-10H2,1-5H3/t12-,13-/m0/s1. The molecular weight excluding hydrogens is 224 g/mol. The molecular formula is C15H30N2O. The molecule has 0 bridgehead atoms. The van der Waals surface area contributed by atoms with Crippen LogP contribution in [0.5, 0.6) is 0 Å². The maximum absolute atomic E-state index is 5.54.